The predicted octanol–water partition coefficient (Wildman–Crippen LogP) is 3.08. The number of hydrogen-bond donors (Lipinski definition) is 1. The first-order valence-electron chi connectivity index (χ1n) is 6.67. The maximum absolute atomic E-state index is 11.9. The number of aromatic nitrogens is 2. The highest BCUT2D eigenvalue weighted by atomic mass is 35.5. The van der Waals surface area contributed by atoms with E-state index < -0.39 is 0 Å². The van der Waals surface area contributed by atoms with Gasteiger partial charge in [0.15, 0.2) is 0 Å². The molecule has 0 unspecified atom stereocenters. The molecule has 0 atom stereocenters. The summed E-state index contributed by atoms with van der Waals surface area (Å²) in [6.07, 6.45) is 1.02. The number of hydrogen-bond acceptors (Lipinski definition) is 3. The molecule has 0 saturated carbocycles. The molecule has 0 aliphatic carbocycles. The summed E-state index contributed by atoms with van der Waals surface area (Å²) in [5, 5.41) is 3.79. The second kappa shape index (κ2) is 6.57. The Bertz CT molecular complexity index is 652. The van der Waals surface area contributed by atoms with E-state index >= 15 is 0 Å². The second-order valence-corrected chi connectivity index (χ2v) is 5.05. The van der Waals surface area contributed by atoms with Gasteiger partial charge in [0.25, 0.3) is 5.56 Å². The van der Waals surface area contributed by atoms with E-state index in [-0.39, 0.29) is 5.56 Å². The maximum Gasteiger partial charge on any atom is 0.251 e. The fourth-order valence-corrected chi connectivity index (χ4v) is 2.09. The number of aryl methyl sites for hydroxylation is 1. The monoisotopic (exact) mass is 291 g/mol. The average molecular weight is 292 g/mol. The van der Waals surface area contributed by atoms with E-state index in [1.165, 1.54) is 0 Å². The Kier molecular flexibility index (Phi) is 4.79. The normalized spacial score (nSPS) is 10.6. The molecule has 0 aliphatic rings. The average Bonchev–Trinajstić information content (AvgIpc) is 2.43. The minimum absolute atomic E-state index is 0.0465. The highest BCUT2D eigenvalue weighted by molar-refractivity contribution is 6.31. The van der Waals surface area contributed by atoms with Crippen LogP contribution in [0.15, 0.2) is 35.1 Å². The van der Waals surface area contributed by atoms with Crippen LogP contribution in [-0.4, -0.2) is 16.1 Å². The first-order valence-corrected chi connectivity index (χ1v) is 7.05. The van der Waals surface area contributed by atoms with Gasteiger partial charge in [-0.2, -0.15) is 0 Å². The second-order valence-electron chi connectivity index (χ2n) is 4.64. The van der Waals surface area contributed by atoms with Crippen LogP contribution in [-0.2, 0) is 6.54 Å². The molecular formula is C15H18ClN3O. The summed E-state index contributed by atoms with van der Waals surface area (Å²) in [4.78, 5) is 16.4. The van der Waals surface area contributed by atoms with Crippen molar-refractivity contribution in [2.45, 2.75) is 26.8 Å². The highest BCUT2D eigenvalue weighted by Crippen LogP contribution is 2.17. The van der Waals surface area contributed by atoms with Gasteiger partial charge in [0.1, 0.15) is 5.82 Å². The molecule has 0 bridgehead atoms. The van der Waals surface area contributed by atoms with E-state index in [2.05, 4.69) is 17.2 Å². The van der Waals surface area contributed by atoms with Crippen molar-refractivity contribution < 1.29 is 0 Å². The molecule has 4 nitrogen and oxygen atoms in total. The van der Waals surface area contributed by atoms with Crippen LogP contribution in [0.25, 0.3) is 0 Å². The lowest BCUT2D eigenvalue weighted by Gasteiger charge is -2.12. The lowest BCUT2D eigenvalue weighted by atomic mass is 10.3. The quantitative estimate of drug-likeness (QED) is 0.921. The summed E-state index contributed by atoms with van der Waals surface area (Å²) in [6.45, 7) is 5.23. The van der Waals surface area contributed by atoms with Gasteiger partial charge < -0.3 is 9.88 Å². The number of pyridine rings is 2. The molecule has 0 aromatic carbocycles. The van der Waals surface area contributed by atoms with Gasteiger partial charge in [0, 0.05) is 18.3 Å². The molecule has 0 radical (unpaired) electrons. The summed E-state index contributed by atoms with van der Waals surface area (Å²) >= 11 is 6.18. The SMILES string of the molecule is CCCNc1ccc(Cl)c(Cn2c(C)cccc2=O)n1. The number of rotatable bonds is 5. The minimum Gasteiger partial charge on any atom is -0.370 e. The summed E-state index contributed by atoms with van der Waals surface area (Å²) in [7, 11) is 0. The van der Waals surface area contributed by atoms with Crippen LogP contribution in [0.4, 0.5) is 5.82 Å². The van der Waals surface area contributed by atoms with Crippen molar-refractivity contribution >= 4 is 17.4 Å². The molecule has 0 amide bonds. The Morgan fingerprint density at radius 2 is 2.10 bits per heavy atom. The zero-order valence-electron chi connectivity index (χ0n) is 11.7. The van der Waals surface area contributed by atoms with Crippen LogP contribution in [0, 0.1) is 6.92 Å². The van der Waals surface area contributed by atoms with E-state index in [0.29, 0.717) is 17.3 Å². The fourth-order valence-electron chi connectivity index (χ4n) is 1.92. The van der Waals surface area contributed by atoms with E-state index in [1.807, 2.05) is 25.1 Å². The zero-order chi connectivity index (χ0) is 14.5. The minimum atomic E-state index is -0.0465. The Morgan fingerprint density at radius 1 is 1.30 bits per heavy atom. The standard InChI is InChI=1S/C15H18ClN3O/c1-3-9-17-14-8-7-12(16)13(18-14)10-19-11(2)5-4-6-15(19)20/h4-8H,3,9-10H2,1-2H3,(H,17,18). The highest BCUT2D eigenvalue weighted by Gasteiger charge is 2.07. The predicted molar refractivity (Wildman–Crippen MR) is 82.6 cm³/mol. The van der Waals surface area contributed by atoms with Crippen LogP contribution in [0.3, 0.4) is 0 Å². The number of nitrogens with zero attached hydrogens (tertiary/aromatic N) is 2. The molecule has 5 heteroatoms. The molecule has 0 aliphatic heterocycles. The largest absolute Gasteiger partial charge is 0.370 e. The first kappa shape index (κ1) is 14.6. The smallest absolute Gasteiger partial charge is 0.251 e. The Labute approximate surface area is 123 Å². The Balaban J connectivity index is 2.30. The molecular weight excluding hydrogens is 274 g/mol. The van der Waals surface area contributed by atoms with Crippen LogP contribution < -0.4 is 10.9 Å². The molecule has 2 rings (SSSR count). The van der Waals surface area contributed by atoms with Gasteiger partial charge in [-0.25, -0.2) is 4.98 Å². The van der Waals surface area contributed by atoms with Crippen LogP contribution in [0.1, 0.15) is 24.7 Å². The van der Waals surface area contributed by atoms with Crippen molar-refractivity contribution in [1.29, 1.82) is 0 Å². The van der Waals surface area contributed by atoms with E-state index in [9.17, 15) is 4.79 Å². The van der Waals surface area contributed by atoms with Crippen molar-refractivity contribution in [2.24, 2.45) is 0 Å². The van der Waals surface area contributed by atoms with Crippen LogP contribution >= 0.6 is 11.6 Å². The van der Waals surface area contributed by atoms with E-state index in [0.717, 1.165) is 24.5 Å². The maximum atomic E-state index is 11.9. The van der Waals surface area contributed by atoms with Crippen molar-refractivity contribution in [2.75, 3.05) is 11.9 Å². The topological polar surface area (TPSA) is 46.9 Å². The van der Waals surface area contributed by atoms with Crippen molar-refractivity contribution in [1.82, 2.24) is 9.55 Å². The van der Waals surface area contributed by atoms with Gasteiger partial charge in [-0.05, 0) is 31.5 Å². The lowest BCUT2D eigenvalue weighted by Crippen LogP contribution is -2.22. The third-order valence-electron chi connectivity index (χ3n) is 3.05. The molecule has 2 aromatic heterocycles. The van der Waals surface area contributed by atoms with Crippen LogP contribution in [0.2, 0.25) is 5.02 Å². The lowest BCUT2D eigenvalue weighted by molar-refractivity contribution is 0.713. The molecule has 20 heavy (non-hydrogen) atoms. The fraction of sp³-hybridized carbons (Fsp3) is 0.333. The van der Waals surface area contributed by atoms with Gasteiger partial charge in [-0.1, -0.05) is 24.6 Å². The Morgan fingerprint density at radius 3 is 2.80 bits per heavy atom. The van der Waals surface area contributed by atoms with Crippen molar-refractivity contribution in [3.63, 3.8) is 0 Å². The first-order chi connectivity index (χ1) is 9.61. The summed E-state index contributed by atoms with van der Waals surface area (Å²) < 4.78 is 1.66. The van der Waals surface area contributed by atoms with Gasteiger partial charge in [0.2, 0.25) is 0 Å². The van der Waals surface area contributed by atoms with Crippen molar-refractivity contribution in [3.8, 4) is 0 Å². The number of nitrogens with one attached hydrogen (secondary N) is 1. The van der Waals surface area contributed by atoms with E-state index in [4.69, 9.17) is 11.6 Å². The summed E-state index contributed by atoms with van der Waals surface area (Å²) in [5.74, 6) is 0.785. The number of anilines is 1. The summed E-state index contributed by atoms with van der Waals surface area (Å²) in [6, 6.07) is 8.85. The van der Waals surface area contributed by atoms with Gasteiger partial charge in [-0.15, -0.1) is 0 Å². The molecule has 0 saturated heterocycles. The Hall–Kier alpha value is -1.81. The van der Waals surface area contributed by atoms with Crippen molar-refractivity contribution in [3.05, 3.63) is 57.1 Å². The third kappa shape index (κ3) is 3.39. The van der Waals surface area contributed by atoms with E-state index in [1.54, 1.807) is 16.7 Å². The third-order valence-corrected chi connectivity index (χ3v) is 3.39. The number of halogens is 1. The molecule has 2 heterocycles. The summed E-state index contributed by atoms with van der Waals surface area (Å²) in [5.41, 5.74) is 1.54. The molecule has 2 aromatic rings. The molecule has 106 valence electrons. The molecule has 0 spiro atoms. The van der Waals surface area contributed by atoms with Gasteiger partial charge in [0.05, 0.1) is 17.3 Å². The molecule has 1 N–H and O–H groups in total. The zero-order valence-corrected chi connectivity index (χ0v) is 12.4. The van der Waals surface area contributed by atoms with Crippen LogP contribution in [0.5, 0.6) is 0 Å². The van der Waals surface area contributed by atoms with Gasteiger partial charge >= 0.3 is 0 Å². The van der Waals surface area contributed by atoms with Gasteiger partial charge in [-0.3, -0.25) is 4.79 Å². The molecule has 0 fully saturated rings.